The molecule has 2 rings (SSSR count). The number of aryl methyl sites for hydroxylation is 1. The van der Waals surface area contributed by atoms with E-state index in [4.69, 9.17) is 5.73 Å². The number of rotatable bonds is 2. The Morgan fingerprint density at radius 3 is 2.47 bits per heavy atom. The van der Waals surface area contributed by atoms with Gasteiger partial charge in [-0.2, -0.15) is 4.31 Å². The molecule has 0 atom stereocenters. The second-order valence-corrected chi connectivity index (χ2v) is 6.70. The average Bonchev–Trinajstić information content (AvgIpc) is 2.74. The number of nitrogen functional groups attached to an aromatic ring is 1. The van der Waals surface area contributed by atoms with Gasteiger partial charge < -0.3 is 5.73 Å². The Kier molecular flexibility index (Phi) is 2.70. The Hall–Kier alpha value is -0.660. The van der Waals surface area contributed by atoms with E-state index in [1.165, 1.54) is 4.31 Å². The van der Waals surface area contributed by atoms with Crippen LogP contribution in [0.5, 0.6) is 0 Å². The molecule has 1 saturated heterocycles. The molecule has 1 aliphatic rings. The molecule has 0 amide bonds. The minimum Gasteiger partial charge on any atom is -0.375 e. The minimum atomic E-state index is -3.34. The highest BCUT2D eigenvalue weighted by Crippen LogP contribution is 2.29. The topological polar surface area (TPSA) is 76.3 Å². The molecule has 0 aliphatic carbocycles. The van der Waals surface area contributed by atoms with Crippen LogP contribution in [0, 0.1) is 6.92 Å². The van der Waals surface area contributed by atoms with Crippen LogP contribution in [-0.4, -0.2) is 30.8 Å². The van der Waals surface area contributed by atoms with Gasteiger partial charge in [-0.15, -0.1) is 0 Å². The van der Waals surface area contributed by atoms with Gasteiger partial charge in [0, 0.05) is 13.1 Å². The Labute approximate surface area is 93.0 Å². The fraction of sp³-hybridized carbons (Fsp3) is 0.625. The van der Waals surface area contributed by atoms with Crippen LogP contribution in [0.25, 0.3) is 0 Å². The zero-order valence-electron chi connectivity index (χ0n) is 8.43. The third-order valence-corrected chi connectivity index (χ3v) is 5.88. The molecular weight excluding hydrogens is 234 g/mol. The van der Waals surface area contributed by atoms with E-state index in [0.717, 1.165) is 24.2 Å². The first kappa shape index (κ1) is 10.8. The number of aromatic nitrogens is 1. The SMILES string of the molecule is Cc1nc(N)sc1S(=O)(=O)N1CCCC1. The normalized spacial score (nSPS) is 18.5. The van der Waals surface area contributed by atoms with Gasteiger partial charge in [0.25, 0.3) is 10.0 Å². The number of nitrogens with zero attached hydrogens (tertiary/aromatic N) is 2. The molecule has 1 aromatic heterocycles. The summed E-state index contributed by atoms with van der Waals surface area (Å²) in [6.07, 6.45) is 1.87. The fourth-order valence-electron chi connectivity index (χ4n) is 1.69. The Bertz CT molecular complexity index is 460. The number of hydrogen-bond donors (Lipinski definition) is 1. The van der Waals surface area contributed by atoms with Gasteiger partial charge in [-0.25, -0.2) is 13.4 Å². The third kappa shape index (κ3) is 1.86. The van der Waals surface area contributed by atoms with Crippen molar-refractivity contribution in [3.8, 4) is 0 Å². The van der Waals surface area contributed by atoms with Crippen LogP contribution in [0.4, 0.5) is 5.13 Å². The summed E-state index contributed by atoms with van der Waals surface area (Å²) >= 11 is 1.05. The van der Waals surface area contributed by atoms with E-state index in [1.807, 2.05) is 0 Å². The van der Waals surface area contributed by atoms with Crippen molar-refractivity contribution >= 4 is 26.5 Å². The largest absolute Gasteiger partial charge is 0.375 e. The van der Waals surface area contributed by atoms with E-state index in [1.54, 1.807) is 6.92 Å². The number of sulfonamides is 1. The molecule has 84 valence electrons. The summed E-state index contributed by atoms with van der Waals surface area (Å²) in [6, 6.07) is 0. The van der Waals surface area contributed by atoms with E-state index >= 15 is 0 Å². The molecule has 0 spiro atoms. The van der Waals surface area contributed by atoms with Gasteiger partial charge in [-0.1, -0.05) is 11.3 Å². The third-order valence-electron chi connectivity index (χ3n) is 2.41. The number of thiazole rings is 1. The molecule has 0 aromatic carbocycles. The van der Waals surface area contributed by atoms with Crippen molar-refractivity contribution in [1.82, 2.24) is 9.29 Å². The molecule has 1 aliphatic heterocycles. The molecule has 5 nitrogen and oxygen atoms in total. The second-order valence-electron chi connectivity index (χ2n) is 3.54. The van der Waals surface area contributed by atoms with Gasteiger partial charge in [0.1, 0.15) is 0 Å². The Balaban J connectivity index is 2.40. The summed E-state index contributed by atoms with van der Waals surface area (Å²) < 4.78 is 26.0. The van der Waals surface area contributed by atoms with Crippen molar-refractivity contribution in [3.05, 3.63) is 5.69 Å². The van der Waals surface area contributed by atoms with Gasteiger partial charge in [0.15, 0.2) is 9.34 Å². The van der Waals surface area contributed by atoms with Crippen LogP contribution >= 0.6 is 11.3 Å². The summed E-state index contributed by atoms with van der Waals surface area (Å²) in [7, 11) is -3.34. The van der Waals surface area contributed by atoms with Crippen molar-refractivity contribution in [1.29, 1.82) is 0 Å². The van der Waals surface area contributed by atoms with E-state index in [-0.39, 0.29) is 0 Å². The van der Waals surface area contributed by atoms with Crippen LogP contribution in [-0.2, 0) is 10.0 Å². The van der Waals surface area contributed by atoms with Gasteiger partial charge in [0.2, 0.25) is 0 Å². The standard InChI is InChI=1S/C8H13N3O2S2/c1-6-7(14-8(9)10-6)15(12,13)11-4-2-3-5-11/h2-5H2,1H3,(H2,9,10). The highest BCUT2D eigenvalue weighted by Gasteiger charge is 2.30. The monoisotopic (exact) mass is 247 g/mol. The summed E-state index contributed by atoms with van der Waals surface area (Å²) in [6.45, 7) is 2.90. The predicted octanol–water partition coefficient (Wildman–Crippen LogP) is 0.818. The maximum absolute atomic E-state index is 12.1. The van der Waals surface area contributed by atoms with Gasteiger partial charge >= 0.3 is 0 Å². The quantitative estimate of drug-likeness (QED) is 0.839. The van der Waals surface area contributed by atoms with Crippen LogP contribution in [0.1, 0.15) is 18.5 Å². The number of hydrogen-bond acceptors (Lipinski definition) is 5. The summed E-state index contributed by atoms with van der Waals surface area (Å²) in [4.78, 5) is 3.94. The lowest BCUT2D eigenvalue weighted by atomic mass is 10.4. The van der Waals surface area contributed by atoms with Gasteiger partial charge in [-0.05, 0) is 19.8 Å². The summed E-state index contributed by atoms with van der Waals surface area (Å²) in [5, 5.41) is 0.310. The van der Waals surface area contributed by atoms with E-state index in [9.17, 15) is 8.42 Å². The predicted molar refractivity (Wildman–Crippen MR) is 59.3 cm³/mol. The maximum atomic E-state index is 12.1. The first-order valence-electron chi connectivity index (χ1n) is 4.75. The molecule has 2 N–H and O–H groups in total. The van der Waals surface area contributed by atoms with Crippen LogP contribution < -0.4 is 5.73 Å². The fourth-order valence-corrected chi connectivity index (χ4v) is 4.64. The lowest BCUT2D eigenvalue weighted by Gasteiger charge is -2.13. The Morgan fingerprint density at radius 2 is 2.00 bits per heavy atom. The smallest absolute Gasteiger partial charge is 0.254 e. The second kappa shape index (κ2) is 3.73. The van der Waals surface area contributed by atoms with Crippen molar-refractivity contribution in [2.75, 3.05) is 18.8 Å². The zero-order valence-corrected chi connectivity index (χ0v) is 10.1. The molecule has 0 bridgehead atoms. The molecule has 0 radical (unpaired) electrons. The molecule has 7 heteroatoms. The molecule has 0 saturated carbocycles. The first-order chi connectivity index (χ1) is 7.01. The van der Waals surface area contributed by atoms with Crippen molar-refractivity contribution in [2.45, 2.75) is 24.0 Å². The summed E-state index contributed by atoms with van der Waals surface area (Å²) in [5.74, 6) is 0. The molecule has 15 heavy (non-hydrogen) atoms. The van der Waals surface area contributed by atoms with E-state index < -0.39 is 10.0 Å². The van der Waals surface area contributed by atoms with Crippen molar-refractivity contribution in [2.24, 2.45) is 0 Å². The number of nitrogens with two attached hydrogens (primary N) is 1. The van der Waals surface area contributed by atoms with Crippen molar-refractivity contribution in [3.63, 3.8) is 0 Å². The molecule has 0 unspecified atom stereocenters. The molecule has 2 heterocycles. The van der Waals surface area contributed by atoms with Crippen molar-refractivity contribution < 1.29 is 8.42 Å². The van der Waals surface area contributed by atoms with E-state index in [0.29, 0.717) is 28.1 Å². The maximum Gasteiger partial charge on any atom is 0.254 e. The first-order valence-corrected chi connectivity index (χ1v) is 7.00. The van der Waals surface area contributed by atoms with Gasteiger partial charge in [0.05, 0.1) is 5.69 Å². The lowest BCUT2D eigenvalue weighted by Crippen LogP contribution is -2.27. The van der Waals surface area contributed by atoms with E-state index in [2.05, 4.69) is 4.98 Å². The molecular formula is C8H13N3O2S2. The molecule has 1 fully saturated rings. The number of anilines is 1. The molecule has 1 aromatic rings. The average molecular weight is 247 g/mol. The van der Waals surface area contributed by atoms with Crippen LogP contribution in [0.2, 0.25) is 0 Å². The Morgan fingerprint density at radius 1 is 1.40 bits per heavy atom. The summed E-state index contributed by atoms with van der Waals surface area (Å²) in [5.41, 5.74) is 6.00. The van der Waals surface area contributed by atoms with Crippen LogP contribution in [0.15, 0.2) is 4.21 Å². The highest BCUT2D eigenvalue weighted by molar-refractivity contribution is 7.91. The zero-order chi connectivity index (χ0) is 11.1. The minimum absolute atomic E-state index is 0.293. The highest BCUT2D eigenvalue weighted by atomic mass is 32.2. The lowest BCUT2D eigenvalue weighted by molar-refractivity contribution is 0.478. The van der Waals surface area contributed by atoms with Crippen LogP contribution in [0.3, 0.4) is 0 Å². The van der Waals surface area contributed by atoms with Gasteiger partial charge in [-0.3, -0.25) is 0 Å².